The molecular weight excluding hydrogens is 236 g/mol. The van der Waals surface area contributed by atoms with Gasteiger partial charge in [-0.3, -0.25) is 0 Å². The van der Waals surface area contributed by atoms with Crippen LogP contribution in [0.2, 0.25) is 0 Å². The number of likely N-dealkylation sites (N-methyl/N-ethyl adjacent to an activating group) is 1. The molecule has 0 saturated carbocycles. The van der Waals surface area contributed by atoms with E-state index in [1.165, 1.54) is 11.1 Å². The molecule has 0 aliphatic heterocycles. The molecule has 0 fully saturated rings. The molecule has 0 spiro atoms. The predicted octanol–water partition coefficient (Wildman–Crippen LogP) is 3.00. The van der Waals surface area contributed by atoms with Crippen LogP contribution in [0.15, 0.2) is 42.6 Å². The van der Waals surface area contributed by atoms with E-state index in [2.05, 4.69) is 41.1 Å². The number of hydrogen-bond acceptors (Lipinski definition) is 3. The highest BCUT2D eigenvalue weighted by molar-refractivity contribution is 5.62. The summed E-state index contributed by atoms with van der Waals surface area (Å²) in [4.78, 5) is 6.42. The number of nitrogens with zero attached hydrogens (tertiary/aromatic N) is 2. The third-order valence-corrected chi connectivity index (χ3v) is 2.91. The zero-order valence-corrected chi connectivity index (χ0v) is 11.8. The Morgan fingerprint density at radius 1 is 1.00 bits per heavy atom. The highest BCUT2D eigenvalue weighted by Gasteiger charge is 2.00. The van der Waals surface area contributed by atoms with Gasteiger partial charge in [0.2, 0.25) is 5.88 Å². The molecule has 0 N–H and O–H groups in total. The molecule has 2 rings (SSSR count). The van der Waals surface area contributed by atoms with Crippen LogP contribution in [0, 0.1) is 6.92 Å². The van der Waals surface area contributed by atoms with Crippen LogP contribution in [0.3, 0.4) is 0 Å². The summed E-state index contributed by atoms with van der Waals surface area (Å²) >= 11 is 0. The van der Waals surface area contributed by atoms with Gasteiger partial charge in [-0.05, 0) is 32.6 Å². The van der Waals surface area contributed by atoms with Gasteiger partial charge < -0.3 is 9.64 Å². The average molecular weight is 256 g/mol. The molecule has 0 amide bonds. The molecule has 0 atom stereocenters. The van der Waals surface area contributed by atoms with Crippen LogP contribution in [0.5, 0.6) is 5.88 Å². The molecule has 1 aromatic carbocycles. The largest absolute Gasteiger partial charge is 0.476 e. The zero-order valence-electron chi connectivity index (χ0n) is 11.8. The molecule has 100 valence electrons. The summed E-state index contributed by atoms with van der Waals surface area (Å²) < 4.78 is 5.57. The number of hydrogen-bond donors (Lipinski definition) is 0. The number of aromatic nitrogens is 1. The maximum absolute atomic E-state index is 5.57. The Hall–Kier alpha value is -1.87. The topological polar surface area (TPSA) is 25.4 Å². The monoisotopic (exact) mass is 256 g/mol. The van der Waals surface area contributed by atoms with Crippen molar-refractivity contribution in [3.63, 3.8) is 0 Å². The minimum Gasteiger partial charge on any atom is -0.476 e. The van der Waals surface area contributed by atoms with Crippen molar-refractivity contribution in [2.24, 2.45) is 0 Å². The van der Waals surface area contributed by atoms with Gasteiger partial charge in [0.05, 0.1) is 0 Å². The summed E-state index contributed by atoms with van der Waals surface area (Å²) in [6.45, 7) is 3.63. The van der Waals surface area contributed by atoms with Crippen molar-refractivity contribution in [3.05, 3.63) is 48.2 Å². The van der Waals surface area contributed by atoms with Crippen molar-refractivity contribution in [2.75, 3.05) is 27.2 Å². The van der Waals surface area contributed by atoms with Crippen molar-refractivity contribution >= 4 is 0 Å². The molecule has 3 nitrogen and oxygen atoms in total. The lowest BCUT2D eigenvalue weighted by Gasteiger charge is -2.10. The van der Waals surface area contributed by atoms with Crippen LogP contribution in [-0.4, -0.2) is 37.1 Å². The first-order valence-electron chi connectivity index (χ1n) is 6.46. The van der Waals surface area contributed by atoms with E-state index in [0.717, 1.165) is 12.1 Å². The highest BCUT2D eigenvalue weighted by Crippen LogP contribution is 2.20. The summed E-state index contributed by atoms with van der Waals surface area (Å²) in [7, 11) is 4.05. The van der Waals surface area contributed by atoms with E-state index in [1.807, 2.05) is 32.4 Å². The number of ether oxygens (including phenoxy) is 1. The van der Waals surface area contributed by atoms with E-state index in [-0.39, 0.29) is 0 Å². The summed E-state index contributed by atoms with van der Waals surface area (Å²) in [6, 6.07) is 12.4. The van der Waals surface area contributed by atoms with Crippen molar-refractivity contribution < 1.29 is 4.74 Å². The smallest absolute Gasteiger partial charge is 0.213 e. The number of rotatable bonds is 5. The molecular formula is C16H20N2O. The van der Waals surface area contributed by atoms with Gasteiger partial charge in [0.25, 0.3) is 0 Å². The van der Waals surface area contributed by atoms with Crippen LogP contribution in [-0.2, 0) is 0 Å². The van der Waals surface area contributed by atoms with Crippen LogP contribution < -0.4 is 4.74 Å². The Morgan fingerprint density at radius 2 is 1.68 bits per heavy atom. The van der Waals surface area contributed by atoms with Crippen molar-refractivity contribution in [1.82, 2.24) is 9.88 Å². The fraction of sp³-hybridized carbons (Fsp3) is 0.312. The number of pyridine rings is 1. The molecule has 1 aromatic heterocycles. The first-order chi connectivity index (χ1) is 9.15. The van der Waals surface area contributed by atoms with E-state index in [0.29, 0.717) is 12.5 Å². The normalized spacial score (nSPS) is 10.7. The minimum absolute atomic E-state index is 0.657. The molecule has 0 radical (unpaired) electrons. The fourth-order valence-electron chi connectivity index (χ4n) is 1.72. The number of benzene rings is 1. The second-order valence-corrected chi connectivity index (χ2v) is 4.90. The third kappa shape index (κ3) is 4.07. The highest BCUT2D eigenvalue weighted by atomic mass is 16.5. The summed E-state index contributed by atoms with van der Waals surface area (Å²) in [5.74, 6) is 0.678. The first-order valence-corrected chi connectivity index (χ1v) is 6.46. The van der Waals surface area contributed by atoms with E-state index < -0.39 is 0 Å². The molecule has 0 saturated heterocycles. The lowest BCUT2D eigenvalue weighted by atomic mass is 10.1. The Kier molecular flexibility index (Phi) is 4.53. The van der Waals surface area contributed by atoms with Gasteiger partial charge in [-0.25, -0.2) is 4.98 Å². The Morgan fingerprint density at radius 3 is 2.26 bits per heavy atom. The van der Waals surface area contributed by atoms with Gasteiger partial charge in [-0.15, -0.1) is 0 Å². The Balaban J connectivity index is 2.00. The SMILES string of the molecule is Cc1ccc(-c2ccc(OCCN(C)C)nc2)cc1. The van der Waals surface area contributed by atoms with Crippen molar-refractivity contribution in [3.8, 4) is 17.0 Å². The van der Waals surface area contributed by atoms with Crippen LogP contribution in [0.1, 0.15) is 5.56 Å². The first kappa shape index (κ1) is 13.6. The molecule has 2 aromatic rings. The standard InChI is InChI=1S/C16H20N2O/c1-13-4-6-14(7-5-13)15-8-9-16(17-12-15)19-11-10-18(2)3/h4-9,12H,10-11H2,1-3H3. The van der Waals surface area contributed by atoms with Gasteiger partial charge in [-0.1, -0.05) is 29.8 Å². The molecule has 0 unspecified atom stereocenters. The summed E-state index contributed by atoms with van der Waals surface area (Å²) in [5, 5.41) is 0. The predicted molar refractivity (Wildman–Crippen MR) is 78.5 cm³/mol. The van der Waals surface area contributed by atoms with E-state index in [1.54, 1.807) is 0 Å². The molecule has 3 heteroatoms. The second kappa shape index (κ2) is 6.34. The van der Waals surface area contributed by atoms with E-state index in [4.69, 9.17) is 4.74 Å². The molecule has 0 aliphatic carbocycles. The van der Waals surface area contributed by atoms with Crippen LogP contribution >= 0.6 is 0 Å². The van der Waals surface area contributed by atoms with Crippen LogP contribution in [0.25, 0.3) is 11.1 Å². The quantitative estimate of drug-likeness (QED) is 0.822. The Bertz CT molecular complexity index is 503. The van der Waals surface area contributed by atoms with Crippen molar-refractivity contribution in [2.45, 2.75) is 6.92 Å². The molecule has 1 heterocycles. The van der Waals surface area contributed by atoms with Gasteiger partial charge in [0, 0.05) is 24.4 Å². The zero-order chi connectivity index (χ0) is 13.7. The molecule has 0 bridgehead atoms. The maximum Gasteiger partial charge on any atom is 0.213 e. The fourth-order valence-corrected chi connectivity index (χ4v) is 1.72. The van der Waals surface area contributed by atoms with E-state index >= 15 is 0 Å². The summed E-state index contributed by atoms with van der Waals surface area (Å²) in [6.07, 6.45) is 1.86. The van der Waals surface area contributed by atoms with Gasteiger partial charge in [0.1, 0.15) is 6.61 Å². The van der Waals surface area contributed by atoms with Crippen LogP contribution in [0.4, 0.5) is 0 Å². The lowest BCUT2D eigenvalue weighted by Crippen LogP contribution is -2.19. The van der Waals surface area contributed by atoms with Gasteiger partial charge in [0.15, 0.2) is 0 Å². The van der Waals surface area contributed by atoms with Gasteiger partial charge >= 0.3 is 0 Å². The van der Waals surface area contributed by atoms with E-state index in [9.17, 15) is 0 Å². The lowest BCUT2D eigenvalue weighted by molar-refractivity contribution is 0.254. The third-order valence-electron chi connectivity index (χ3n) is 2.91. The van der Waals surface area contributed by atoms with Crippen molar-refractivity contribution in [1.29, 1.82) is 0 Å². The van der Waals surface area contributed by atoms with Gasteiger partial charge in [-0.2, -0.15) is 0 Å². The average Bonchev–Trinajstić information content (AvgIpc) is 2.40. The summed E-state index contributed by atoms with van der Waals surface area (Å²) in [5.41, 5.74) is 3.55. The maximum atomic E-state index is 5.57. The minimum atomic E-state index is 0.657. The second-order valence-electron chi connectivity index (χ2n) is 4.90. The number of aryl methyl sites for hydroxylation is 1. The molecule has 0 aliphatic rings. The molecule has 19 heavy (non-hydrogen) atoms. The Labute approximate surface area is 114 Å².